The molecule has 0 aromatic carbocycles. The van der Waals surface area contributed by atoms with Crippen molar-refractivity contribution in [2.24, 2.45) is 0 Å². The van der Waals surface area contributed by atoms with Gasteiger partial charge in [0.05, 0.1) is 0 Å². The van der Waals surface area contributed by atoms with Gasteiger partial charge < -0.3 is 0 Å². The van der Waals surface area contributed by atoms with Crippen molar-refractivity contribution < 1.29 is 4.74 Å². The van der Waals surface area contributed by atoms with Gasteiger partial charge in [0.2, 0.25) is 0 Å². The Morgan fingerprint density at radius 3 is 2.14 bits per heavy atom. The summed E-state index contributed by atoms with van der Waals surface area (Å²) in [7, 11) is 0. The number of hydrogen-bond donors (Lipinski definition) is 0. The van der Waals surface area contributed by atoms with E-state index in [9.17, 15) is 0 Å². The molecule has 0 aromatic heterocycles. The molecule has 3 heteroatoms. The molecule has 0 spiro atoms. The van der Waals surface area contributed by atoms with Crippen LogP contribution in [0.4, 0.5) is 0 Å². The van der Waals surface area contributed by atoms with E-state index in [2.05, 4.69) is 31.6 Å². The predicted molar refractivity (Wildman–Crippen MR) is 32.7 cm³/mol. The molecule has 0 saturated carbocycles. The molecule has 0 N–H and O–H groups in total. The molecule has 0 amide bonds. The monoisotopic (exact) mass is 231 g/mol. The van der Waals surface area contributed by atoms with Gasteiger partial charge in [0, 0.05) is 0 Å². The van der Waals surface area contributed by atoms with Crippen molar-refractivity contribution >= 4 is 35.1 Å². The van der Waals surface area contributed by atoms with Gasteiger partial charge in [0.25, 0.3) is 0 Å². The van der Waals surface area contributed by atoms with E-state index in [4.69, 9.17) is 4.74 Å². The van der Waals surface area contributed by atoms with Crippen molar-refractivity contribution in [3.05, 3.63) is 0 Å². The second kappa shape index (κ2) is 3.68. The van der Waals surface area contributed by atoms with Gasteiger partial charge in [0.1, 0.15) is 0 Å². The van der Waals surface area contributed by atoms with Crippen molar-refractivity contribution in [3.8, 4) is 0 Å². The van der Waals surface area contributed by atoms with E-state index in [1.807, 2.05) is 13.8 Å². The second-order valence-electron chi connectivity index (χ2n) is 1.42. The standard InChI is InChI=1S/C4H8OSe2/c1-3(2)5-4(6)7/h3H,1-2H3,(H,6,7)/p-1. The molecule has 0 unspecified atom stereocenters. The summed E-state index contributed by atoms with van der Waals surface area (Å²) >= 11 is 5.42. The van der Waals surface area contributed by atoms with Gasteiger partial charge >= 0.3 is 59.8 Å². The third kappa shape index (κ3) is 6.71. The van der Waals surface area contributed by atoms with Gasteiger partial charge in [-0.05, 0) is 0 Å². The summed E-state index contributed by atoms with van der Waals surface area (Å²) in [5.74, 6) is 0. The molecule has 0 aliphatic carbocycles. The Morgan fingerprint density at radius 1 is 1.71 bits per heavy atom. The fourth-order valence-electron chi connectivity index (χ4n) is 0.192. The molecule has 0 fully saturated rings. The summed E-state index contributed by atoms with van der Waals surface area (Å²) in [6, 6.07) is 0. The van der Waals surface area contributed by atoms with Crippen LogP contribution < -0.4 is 0 Å². The summed E-state index contributed by atoms with van der Waals surface area (Å²) in [5, 5.41) is 0. The average Bonchev–Trinajstić information content (AvgIpc) is 1.27. The third-order valence-electron chi connectivity index (χ3n) is 0.332. The van der Waals surface area contributed by atoms with Crippen molar-refractivity contribution in [2.45, 2.75) is 20.0 Å². The van der Waals surface area contributed by atoms with E-state index >= 15 is 0 Å². The Hall–Kier alpha value is 0.709. The molecule has 0 aliphatic rings. The normalized spacial score (nSPS) is 9.00. The predicted octanol–water partition coefficient (Wildman–Crippen LogP) is -0.164. The van der Waals surface area contributed by atoms with E-state index in [1.165, 1.54) is 0 Å². The summed E-state index contributed by atoms with van der Waals surface area (Å²) in [4.78, 5) is 0. The van der Waals surface area contributed by atoms with Crippen LogP contribution in [0.1, 0.15) is 13.8 Å². The summed E-state index contributed by atoms with van der Waals surface area (Å²) < 4.78 is 5.84. The Kier molecular flexibility index (Phi) is 4.05. The second-order valence-corrected chi connectivity index (χ2v) is 4.28. The van der Waals surface area contributed by atoms with Crippen molar-refractivity contribution in [1.29, 1.82) is 0 Å². The third-order valence-corrected chi connectivity index (χ3v) is 0.736. The first-order valence-corrected chi connectivity index (χ1v) is 3.72. The summed E-state index contributed by atoms with van der Waals surface area (Å²) in [6.07, 6.45) is 0.275. The molecule has 1 nitrogen and oxygen atoms in total. The zero-order valence-corrected chi connectivity index (χ0v) is 7.73. The molecule has 0 radical (unpaired) electrons. The molecule has 7 heavy (non-hydrogen) atoms. The fraction of sp³-hybridized carbons (Fsp3) is 0.750. The molecule has 0 aromatic rings. The number of hydrogen-bond acceptors (Lipinski definition) is 1. The Labute approximate surface area is 60.0 Å². The maximum atomic E-state index is 5.06. The molecule has 0 heterocycles. The van der Waals surface area contributed by atoms with Gasteiger partial charge in [-0.25, -0.2) is 0 Å². The van der Waals surface area contributed by atoms with Crippen molar-refractivity contribution in [2.75, 3.05) is 0 Å². The number of ether oxygens (including phenoxy) is 1. The van der Waals surface area contributed by atoms with Crippen LogP contribution in [0.25, 0.3) is 0 Å². The molecule has 0 aliphatic heterocycles. The van der Waals surface area contributed by atoms with Gasteiger partial charge in [0.15, 0.2) is 0 Å². The van der Waals surface area contributed by atoms with Crippen LogP contribution in [0.3, 0.4) is 0 Å². The van der Waals surface area contributed by atoms with E-state index in [1.54, 1.807) is 0 Å². The van der Waals surface area contributed by atoms with Crippen molar-refractivity contribution in [1.82, 2.24) is 0 Å². The minimum atomic E-state index is 0.275. The fourth-order valence-corrected chi connectivity index (χ4v) is 1.00. The van der Waals surface area contributed by atoms with Crippen LogP contribution in [0.2, 0.25) is 0 Å². The maximum absolute atomic E-state index is 5.06. The van der Waals surface area contributed by atoms with Gasteiger partial charge in [-0.3, -0.25) is 0 Å². The SMILES string of the molecule is CC(C)OC(=[Se])[Se-]. The van der Waals surface area contributed by atoms with Gasteiger partial charge in [-0.1, -0.05) is 0 Å². The van der Waals surface area contributed by atoms with Gasteiger partial charge in [-0.2, -0.15) is 0 Å². The topological polar surface area (TPSA) is 9.23 Å². The van der Waals surface area contributed by atoms with E-state index in [-0.39, 0.29) is 6.10 Å². The van der Waals surface area contributed by atoms with E-state index in [0.29, 0.717) is 0 Å². The van der Waals surface area contributed by atoms with Crippen molar-refractivity contribution in [3.63, 3.8) is 0 Å². The first-order chi connectivity index (χ1) is 3.13. The van der Waals surface area contributed by atoms with Gasteiger partial charge in [-0.15, -0.1) is 0 Å². The molecular weight excluding hydrogens is 222 g/mol. The first kappa shape index (κ1) is 7.71. The molecule has 0 saturated heterocycles. The van der Waals surface area contributed by atoms with Crippen LogP contribution in [0.15, 0.2) is 0 Å². The minimum absolute atomic E-state index is 0.275. The number of rotatable bonds is 2. The summed E-state index contributed by atoms with van der Waals surface area (Å²) in [6.45, 7) is 3.96. The first-order valence-electron chi connectivity index (χ1n) is 2.00. The van der Waals surface area contributed by atoms with E-state index in [0.717, 1.165) is 3.50 Å². The molecule has 0 atom stereocenters. The molecule has 0 bridgehead atoms. The van der Waals surface area contributed by atoms with Crippen LogP contribution in [0, 0.1) is 0 Å². The average molecular weight is 229 g/mol. The van der Waals surface area contributed by atoms with E-state index < -0.39 is 0 Å². The van der Waals surface area contributed by atoms with Crippen LogP contribution >= 0.6 is 0 Å². The molecule has 0 rings (SSSR count). The van der Waals surface area contributed by atoms with Crippen LogP contribution in [-0.4, -0.2) is 41.2 Å². The summed E-state index contributed by atoms with van der Waals surface area (Å²) in [5.41, 5.74) is 0. The molecule has 42 valence electrons. The quantitative estimate of drug-likeness (QED) is 0.597. The Morgan fingerprint density at radius 2 is 2.14 bits per heavy atom. The zero-order valence-electron chi connectivity index (χ0n) is 4.30. The Balaban J connectivity index is 3.13. The molecular formula is C4H7OSe2-. The Bertz CT molecular complexity index is 70.1. The van der Waals surface area contributed by atoms with Crippen LogP contribution in [-0.2, 0) is 4.74 Å². The zero-order chi connectivity index (χ0) is 5.86. The van der Waals surface area contributed by atoms with Crippen LogP contribution in [0.5, 0.6) is 0 Å².